The van der Waals surface area contributed by atoms with Crippen molar-refractivity contribution in [3.05, 3.63) is 53.1 Å². The maximum Gasteiger partial charge on any atom is 0.228 e. The van der Waals surface area contributed by atoms with Crippen LogP contribution in [0, 0.1) is 5.92 Å². The minimum Gasteiger partial charge on any atom is -0.497 e. The largest absolute Gasteiger partial charge is 0.497 e. The zero-order valence-corrected chi connectivity index (χ0v) is 19.6. The van der Waals surface area contributed by atoms with Gasteiger partial charge < -0.3 is 24.3 Å². The number of amides is 1. The van der Waals surface area contributed by atoms with E-state index in [1.54, 1.807) is 7.11 Å². The van der Waals surface area contributed by atoms with E-state index in [9.17, 15) is 4.79 Å². The molecule has 1 amide bonds. The number of hydrogen-bond donors (Lipinski definition) is 0. The molecule has 0 radical (unpaired) electrons. The predicted molar refractivity (Wildman–Crippen MR) is 129 cm³/mol. The van der Waals surface area contributed by atoms with Crippen LogP contribution in [0.4, 0.5) is 11.4 Å². The molecular weight excluding hydrogens is 424 g/mol. The van der Waals surface area contributed by atoms with Crippen molar-refractivity contribution in [2.75, 3.05) is 69.8 Å². The van der Waals surface area contributed by atoms with E-state index in [1.807, 2.05) is 24.3 Å². The molecule has 0 aromatic heterocycles. The van der Waals surface area contributed by atoms with Gasteiger partial charge in [0.15, 0.2) is 0 Å². The lowest BCUT2D eigenvalue weighted by Crippen LogP contribution is -2.62. The Balaban J connectivity index is 1.47. The number of anilines is 2. The molecule has 7 heteroatoms. The lowest BCUT2D eigenvalue weighted by atomic mass is 9.82. The quantitative estimate of drug-likeness (QED) is 0.713. The second-order valence-corrected chi connectivity index (χ2v) is 9.50. The van der Waals surface area contributed by atoms with Crippen LogP contribution in [-0.2, 0) is 11.2 Å². The van der Waals surface area contributed by atoms with E-state index in [0.29, 0.717) is 0 Å². The van der Waals surface area contributed by atoms with Gasteiger partial charge in [-0.25, -0.2) is 0 Å². The molecule has 2 saturated heterocycles. The maximum atomic E-state index is 13.8. The molecule has 5 rings (SSSR count). The van der Waals surface area contributed by atoms with Crippen molar-refractivity contribution < 1.29 is 9.53 Å². The predicted octanol–water partition coefficient (Wildman–Crippen LogP) is 2.99. The van der Waals surface area contributed by atoms with Gasteiger partial charge >= 0.3 is 0 Å². The van der Waals surface area contributed by atoms with E-state index >= 15 is 0 Å². The van der Waals surface area contributed by atoms with E-state index in [4.69, 9.17) is 16.3 Å². The molecule has 0 N–H and O–H groups in total. The van der Waals surface area contributed by atoms with Crippen molar-refractivity contribution in [2.45, 2.75) is 12.5 Å². The molecule has 0 spiro atoms. The summed E-state index contributed by atoms with van der Waals surface area (Å²) in [4.78, 5) is 22.9. The molecule has 6 nitrogen and oxygen atoms in total. The zero-order valence-electron chi connectivity index (χ0n) is 18.8. The van der Waals surface area contributed by atoms with Crippen LogP contribution < -0.4 is 14.5 Å². The van der Waals surface area contributed by atoms with Gasteiger partial charge in [-0.15, -0.1) is 0 Å². The highest BCUT2D eigenvalue weighted by Crippen LogP contribution is 2.40. The minimum atomic E-state index is -0.0652. The van der Waals surface area contributed by atoms with Crippen LogP contribution in [0.3, 0.4) is 0 Å². The van der Waals surface area contributed by atoms with Gasteiger partial charge in [0.05, 0.1) is 29.8 Å². The van der Waals surface area contributed by atoms with Gasteiger partial charge in [0.1, 0.15) is 5.75 Å². The summed E-state index contributed by atoms with van der Waals surface area (Å²) in [5.74, 6) is 1.08. The van der Waals surface area contributed by atoms with Gasteiger partial charge in [-0.05, 0) is 37.2 Å². The molecule has 2 atom stereocenters. The highest BCUT2D eigenvalue weighted by atomic mass is 35.5. The minimum absolute atomic E-state index is 0.0652. The summed E-state index contributed by atoms with van der Waals surface area (Å²) in [6.07, 6.45) is 0.766. The molecule has 170 valence electrons. The summed E-state index contributed by atoms with van der Waals surface area (Å²) in [5, 5.41) is 0.765. The number of fused-ring (bicyclic) bond motifs is 3. The maximum absolute atomic E-state index is 13.8. The number of hydrogen-bond acceptors (Lipinski definition) is 5. The molecule has 32 heavy (non-hydrogen) atoms. The zero-order chi connectivity index (χ0) is 22.2. The first kappa shape index (κ1) is 21.4. The van der Waals surface area contributed by atoms with E-state index in [-0.39, 0.29) is 17.9 Å². The summed E-state index contributed by atoms with van der Waals surface area (Å²) in [6.45, 7) is 5.99. The monoisotopic (exact) mass is 454 g/mol. The normalized spacial score (nSPS) is 23.5. The SMILES string of the molecule is COc1ccc2c(c1)N1CCN(c3ccccc3Cl)C[C@@H]1[C@H](C(=O)N1CCN(C)CC1)C2. The molecule has 0 saturated carbocycles. The Hall–Kier alpha value is -2.44. The van der Waals surface area contributed by atoms with Crippen molar-refractivity contribution in [2.24, 2.45) is 5.92 Å². The van der Waals surface area contributed by atoms with Crippen LogP contribution in [0.15, 0.2) is 42.5 Å². The number of carbonyl (C=O) groups is 1. The summed E-state index contributed by atoms with van der Waals surface area (Å²) in [6, 6.07) is 14.4. The fourth-order valence-electron chi connectivity index (χ4n) is 5.38. The van der Waals surface area contributed by atoms with Crippen molar-refractivity contribution in [1.82, 2.24) is 9.80 Å². The lowest BCUT2D eigenvalue weighted by molar-refractivity contribution is -0.138. The Labute approximate surface area is 195 Å². The average molecular weight is 455 g/mol. The van der Waals surface area contributed by atoms with Crippen molar-refractivity contribution >= 4 is 28.9 Å². The van der Waals surface area contributed by atoms with Gasteiger partial charge in [0.25, 0.3) is 0 Å². The van der Waals surface area contributed by atoms with Gasteiger partial charge in [-0.1, -0.05) is 29.8 Å². The highest BCUT2D eigenvalue weighted by molar-refractivity contribution is 6.33. The Bertz CT molecular complexity index is 992. The summed E-state index contributed by atoms with van der Waals surface area (Å²) < 4.78 is 5.51. The summed E-state index contributed by atoms with van der Waals surface area (Å²) in [5.41, 5.74) is 3.49. The number of nitrogens with zero attached hydrogens (tertiary/aromatic N) is 4. The lowest BCUT2D eigenvalue weighted by Gasteiger charge is -2.50. The molecule has 3 heterocycles. The number of benzene rings is 2. The molecule has 2 fully saturated rings. The van der Waals surface area contributed by atoms with E-state index < -0.39 is 0 Å². The number of rotatable bonds is 3. The fraction of sp³-hybridized carbons (Fsp3) is 0.480. The second kappa shape index (κ2) is 8.83. The molecule has 2 aromatic carbocycles. The van der Waals surface area contributed by atoms with E-state index in [1.165, 1.54) is 11.3 Å². The molecule has 3 aliphatic heterocycles. The molecular formula is C25H31ClN4O2. The first-order chi connectivity index (χ1) is 15.5. The third-order valence-corrected chi connectivity index (χ3v) is 7.57. The van der Waals surface area contributed by atoms with E-state index in [0.717, 1.165) is 68.7 Å². The van der Waals surface area contributed by atoms with Crippen LogP contribution in [0.2, 0.25) is 5.02 Å². The first-order valence-electron chi connectivity index (χ1n) is 11.5. The fourth-order valence-corrected chi connectivity index (χ4v) is 5.63. The molecule has 2 aromatic rings. The standard InChI is InChI=1S/C25H31ClN4O2/c1-27-9-11-28(12-10-27)25(31)20-15-18-7-8-19(32-2)16-23(18)30-14-13-29(17-24(20)30)22-6-4-3-5-21(22)26/h3-8,16,20,24H,9-15,17H2,1-2H3/t20-,24-/m1/s1. The van der Waals surface area contributed by atoms with Crippen LogP contribution >= 0.6 is 11.6 Å². The Morgan fingerprint density at radius 2 is 1.78 bits per heavy atom. The number of carbonyl (C=O) groups excluding carboxylic acids is 1. The van der Waals surface area contributed by atoms with Crippen LogP contribution in [-0.4, -0.2) is 81.7 Å². The number of methoxy groups -OCH3 is 1. The summed E-state index contributed by atoms with van der Waals surface area (Å²) >= 11 is 6.54. The molecule has 0 bridgehead atoms. The molecule has 0 unspecified atom stereocenters. The molecule has 3 aliphatic rings. The first-order valence-corrected chi connectivity index (χ1v) is 11.8. The van der Waals surface area contributed by atoms with Gasteiger partial charge in [-0.3, -0.25) is 4.79 Å². The number of ether oxygens (including phenoxy) is 1. The van der Waals surface area contributed by atoms with Gasteiger partial charge in [0.2, 0.25) is 5.91 Å². The number of piperazine rings is 2. The number of para-hydroxylation sites is 1. The van der Waals surface area contributed by atoms with Crippen LogP contribution in [0.25, 0.3) is 0 Å². The van der Waals surface area contributed by atoms with E-state index in [2.05, 4.69) is 44.8 Å². The topological polar surface area (TPSA) is 39.3 Å². The smallest absolute Gasteiger partial charge is 0.228 e. The number of halogens is 1. The highest BCUT2D eigenvalue weighted by Gasteiger charge is 2.43. The third-order valence-electron chi connectivity index (χ3n) is 7.25. The van der Waals surface area contributed by atoms with Crippen molar-refractivity contribution in [3.8, 4) is 5.75 Å². The van der Waals surface area contributed by atoms with Crippen molar-refractivity contribution in [1.29, 1.82) is 0 Å². The summed E-state index contributed by atoms with van der Waals surface area (Å²) in [7, 11) is 3.83. The van der Waals surface area contributed by atoms with Crippen LogP contribution in [0.1, 0.15) is 5.56 Å². The molecule has 0 aliphatic carbocycles. The average Bonchev–Trinajstić information content (AvgIpc) is 2.83. The van der Waals surface area contributed by atoms with Crippen molar-refractivity contribution in [3.63, 3.8) is 0 Å². The Morgan fingerprint density at radius 3 is 2.53 bits per heavy atom. The van der Waals surface area contributed by atoms with Gasteiger partial charge in [-0.2, -0.15) is 0 Å². The Kier molecular flexibility index (Phi) is 5.91. The third kappa shape index (κ3) is 3.90. The second-order valence-electron chi connectivity index (χ2n) is 9.09. The number of likely N-dealkylation sites (N-methyl/N-ethyl adjacent to an activating group) is 1. The Morgan fingerprint density at radius 1 is 1.00 bits per heavy atom. The van der Waals surface area contributed by atoms with Crippen LogP contribution in [0.5, 0.6) is 5.75 Å². The van der Waals surface area contributed by atoms with Gasteiger partial charge in [0, 0.05) is 57.6 Å².